The van der Waals surface area contributed by atoms with Crippen molar-refractivity contribution in [3.05, 3.63) is 77.5 Å². The van der Waals surface area contributed by atoms with Gasteiger partial charge in [-0.15, -0.1) is 0 Å². The van der Waals surface area contributed by atoms with Gasteiger partial charge in [0, 0.05) is 22.2 Å². The maximum absolute atomic E-state index is 4.92. The first-order chi connectivity index (χ1) is 12.3. The second-order valence-electron chi connectivity index (χ2n) is 6.94. The van der Waals surface area contributed by atoms with Gasteiger partial charge in [0.2, 0.25) is 0 Å². The number of aromatic nitrogens is 1. The summed E-state index contributed by atoms with van der Waals surface area (Å²) in [5.41, 5.74) is 7.44. The lowest BCUT2D eigenvalue weighted by Crippen LogP contribution is -2.00. The highest BCUT2D eigenvalue weighted by Gasteiger charge is 2.20. The fraction of sp³-hybridized carbons (Fsp3) is 0.174. The van der Waals surface area contributed by atoms with Crippen LogP contribution < -0.4 is 5.32 Å². The first kappa shape index (κ1) is 14.5. The highest BCUT2D eigenvalue weighted by atomic mass is 14.9. The minimum Gasteiger partial charge on any atom is -0.354 e. The molecular weight excluding hydrogens is 304 g/mol. The van der Waals surface area contributed by atoms with Crippen LogP contribution >= 0.6 is 0 Å². The predicted molar refractivity (Wildman–Crippen MR) is 106 cm³/mol. The molecule has 0 bridgehead atoms. The highest BCUT2D eigenvalue weighted by molar-refractivity contribution is 6.01. The van der Waals surface area contributed by atoms with Gasteiger partial charge < -0.3 is 5.32 Å². The lowest BCUT2D eigenvalue weighted by atomic mass is 10.0. The molecular formula is C23H20N2. The van der Waals surface area contributed by atoms with Crippen LogP contribution in [0.5, 0.6) is 0 Å². The Morgan fingerprint density at radius 3 is 2.72 bits per heavy atom. The van der Waals surface area contributed by atoms with E-state index in [1.807, 2.05) is 0 Å². The number of benzene rings is 3. The Kier molecular flexibility index (Phi) is 3.24. The molecule has 2 heteroatoms. The predicted octanol–water partition coefficient (Wildman–Crippen LogP) is 5.93. The number of nitrogens with zero attached hydrogens (tertiary/aromatic N) is 1. The summed E-state index contributed by atoms with van der Waals surface area (Å²) in [4.78, 5) is 4.92. The van der Waals surface area contributed by atoms with Crippen molar-refractivity contribution in [2.24, 2.45) is 0 Å². The van der Waals surface area contributed by atoms with Crippen molar-refractivity contribution in [2.75, 3.05) is 5.32 Å². The molecule has 0 amide bonds. The van der Waals surface area contributed by atoms with E-state index in [1.165, 1.54) is 50.8 Å². The van der Waals surface area contributed by atoms with Gasteiger partial charge in [0.25, 0.3) is 0 Å². The molecule has 5 rings (SSSR count). The van der Waals surface area contributed by atoms with Crippen molar-refractivity contribution >= 4 is 33.1 Å². The fourth-order valence-electron chi connectivity index (χ4n) is 3.99. The van der Waals surface area contributed by atoms with Crippen LogP contribution in [0.1, 0.15) is 23.2 Å². The SMILES string of the molecule is Cc1ccc2nc3c(c(Nc4cccc5ccccc45)c2c1)CCC3. The molecule has 3 aromatic carbocycles. The van der Waals surface area contributed by atoms with E-state index in [9.17, 15) is 0 Å². The van der Waals surface area contributed by atoms with E-state index in [1.54, 1.807) is 0 Å². The van der Waals surface area contributed by atoms with E-state index in [-0.39, 0.29) is 0 Å². The van der Waals surface area contributed by atoms with Crippen molar-refractivity contribution in [1.82, 2.24) is 4.98 Å². The smallest absolute Gasteiger partial charge is 0.0726 e. The Bertz CT molecular complexity index is 1110. The monoisotopic (exact) mass is 324 g/mol. The number of aryl methyl sites for hydroxylation is 2. The van der Waals surface area contributed by atoms with Crippen LogP contribution in [0, 0.1) is 6.92 Å². The Morgan fingerprint density at radius 2 is 1.76 bits per heavy atom. The third kappa shape index (κ3) is 2.37. The molecule has 1 aliphatic rings. The summed E-state index contributed by atoms with van der Waals surface area (Å²) < 4.78 is 0. The number of fused-ring (bicyclic) bond motifs is 3. The molecule has 1 heterocycles. The Balaban J connectivity index is 1.76. The van der Waals surface area contributed by atoms with E-state index in [0.717, 1.165) is 18.4 Å². The van der Waals surface area contributed by atoms with Gasteiger partial charge in [0.05, 0.1) is 11.2 Å². The summed E-state index contributed by atoms with van der Waals surface area (Å²) in [5, 5.41) is 7.53. The van der Waals surface area contributed by atoms with Gasteiger partial charge in [0.1, 0.15) is 0 Å². The summed E-state index contributed by atoms with van der Waals surface area (Å²) in [7, 11) is 0. The number of rotatable bonds is 2. The Hall–Kier alpha value is -2.87. The average Bonchev–Trinajstić information content (AvgIpc) is 3.10. The van der Waals surface area contributed by atoms with Gasteiger partial charge in [-0.1, -0.05) is 48.0 Å². The summed E-state index contributed by atoms with van der Waals surface area (Å²) >= 11 is 0. The molecule has 0 radical (unpaired) electrons. The minimum atomic E-state index is 1.09. The third-order valence-corrected chi connectivity index (χ3v) is 5.22. The van der Waals surface area contributed by atoms with E-state index in [2.05, 4.69) is 72.9 Å². The summed E-state index contributed by atoms with van der Waals surface area (Å²) in [6, 6.07) is 21.6. The normalized spacial score (nSPS) is 13.3. The van der Waals surface area contributed by atoms with E-state index in [4.69, 9.17) is 4.98 Å². The van der Waals surface area contributed by atoms with Gasteiger partial charge in [-0.2, -0.15) is 0 Å². The van der Waals surface area contributed by atoms with Gasteiger partial charge in [-0.3, -0.25) is 4.98 Å². The molecule has 1 aromatic heterocycles. The first-order valence-corrected chi connectivity index (χ1v) is 8.96. The van der Waals surface area contributed by atoms with Crippen LogP contribution in [-0.2, 0) is 12.8 Å². The van der Waals surface area contributed by atoms with Crippen LogP contribution in [0.25, 0.3) is 21.7 Å². The molecule has 0 spiro atoms. The zero-order valence-corrected chi connectivity index (χ0v) is 14.3. The number of pyridine rings is 1. The summed E-state index contributed by atoms with van der Waals surface area (Å²) in [5.74, 6) is 0. The fourth-order valence-corrected chi connectivity index (χ4v) is 3.99. The summed E-state index contributed by atoms with van der Waals surface area (Å²) in [6.45, 7) is 2.15. The molecule has 25 heavy (non-hydrogen) atoms. The molecule has 0 saturated carbocycles. The van der Waals surface area contributed by atoms with Crippen LogP contribution in [0.15, 0.2) is 60.7 Å². The van der Waals surface area contributed by atoms with Crippen molar-refractivity contribution in [3.63, 3.8) is 0 Å². The zero-order valence-electron chi connectivity index (χ0n) is 14.3. The molecule has 1 N–H and O–H groups in total. The Morgan fingerprint density at radius 1 is 0.880 bits per heavy atom. The second-order valence-corrected chi connectivity index (χ2v) is 6.94. The lowest BCUT2D eigenvalue weighted by Gasteiger charge is -2.16. The van der Waals surface area contributed by atoms with Gasteiger partial charge in [-0.25, -0.2) is 0 Å². The topological polar surface area (TPSA) is 24.9 Å². The van der Waals surface area contributed by atoms with Crippen LogP contribution in [0.2, 0.25) is 0 Å². The Labute approximate surface area is 147 Å². The van der Waals surface area contributed by atoms with Crippen LogP contribution in [0.3, 0.4) is 0 Å². The van der Waals surface area contributed by atoms with Crippen molar-refractivity contribution in [1.29, 1.82) is 0 Å². The van der Waals surface area contributed by atoms with E-state index in [0.29, 0.717) is 0 Å². The molecule has 0 unspecified atom stereocenters. The van der Waals surface area contributed by atoms with Crippen molar-refractivity contribution < 1.29 is 0 Å². The molecule has 0 saturated heterocycles. The number of hydrogen-bond donors (Lipinski definition) is 1. The first-order valence-electron chi connectivity index (χ1n) is 8.96. The quantitative estimate of drug-likeness (QED) is 0.494. The van der Waals surface area contributed by atoms with Crippen molar-refractivity contribution in [2.45, 2.75) is 26.2 Å². The van der Waals surface area contributed by atoms with E-state index >= 15 is 0 Å². The largest absolute Gasteiger partial charge is 0.354 e. The standard InChI is InChI=1S/C23H20N2/c1-15-12-13-22-19(14-15)23(18-9-5-11-21(18)24-22)25-20-10-4-7-16-6-2-3-8-17(16)20/h2-4,6-8,10,12-14H,5,9,11H2,1H3,(H,24,25). The molecule has 4 aromatic rings. The molecule has 2 nitrogen and oxygen atoms in total. The average molecular weight is 324 g/mol. The molecule has 0 atom stereocenters. The lowest BCUT2D eigenvalue weighted by molar-refractivity contribution is 0.901. The van der Waals surface area contributed by atoms with Crippen LogP contribution in [-0.4, -0.2) is 4.98 Å². The third-order valence-electron chi connectivity index (χ3n) is 5.22. The number of nitrogens with one attached hydrogen (secondary N) is 1. The van der Waals surface area contributed by atoms with Crippen LogP contribution in [0.4, 0.5) is 11.4 Å². The molecule has 1 aliphatic carbocycles. The zero-order chi connectivity index (χ0) is 16.8. The van der Waals surface area contributed by atoms with Gasteiger partial charge in [-0.05, 0) is 55.3 Å². The van der Waals surface area contributed by atoms with Gasteiger partial charge >= 0.3 is 0 Å². The maximum atomic E-state index is 4.92. The molecule has 0 fully saturated rings. The second kappa shape index (κ2) is 5.59. The van der Waals surface area contributed by atoms with Gasteiger partial charge in [0.15, 0.2) is 0 Å². The summed E-state index contributed by atoms with van der Waals surface area (Å²) in [6.07, 6.45) is 3.39. The minimum absolute atomic E-state index is 1.09. The number of anilines is 2. The molecule has 122 valence electrons. The maximum Gasteiger partial charge on any atom is 0.0726 e. The van der Waals surface area contributed by atoms with E-state index < -0.39 is 0 Å². The highest BCUT2D eigenvalue weighted by Crippen LogP contribution is 2.37. The molecule has 0 aliphatic heterocycles. The van der Waals surface area contributed by atoms with Crippen molar-refractivity contribution in [3.8, 4) is 0 Å². The number of hydrogen-bond acceptors (Lipinski definition) is 2.